The Balaban J connectivity index is 0.00000144. The molecule has 0 atom stereocenters. The summed E-state index contributed by atoms with van der Waals surface area (Å²) in [5.74, 6) is -0.00721. The van der Waals surface area contributed by atoms with E-state index < -0.39 is 9.05 Å². The van der Waals surface area contributed by atoms with Crippen LogP contribution < -0.4 is 0 Å². The van der Waals surface area contributed by atoms with Crippen molar-refractivity contribution >= 4 is 32.1 Å². The number of halogens is 2. The lowest BCUT2D eigenvalue weighted by atomic mass is 10.6. The van der Waals surface area contributed by atoms with E-state index in [9.17, 15) is 8.42 Å². The van der Waals surface area contributed by atoms with E-state index >= 15 is 0 Å². The molecule has 0 saturated carbocycles. The van der Waals surface area contributed by atoms with Gasteiger partial charge in [0.05, 0.1) is 12.4 Å². The topological polar surface area (TPSA) is 40.6 Å². The highest BCUT2D eigenvalue weighted by Gasteiger charge is 2.11. The zero-order chi connectivity index (χ0) is 9.19. The molecule has 0 fully saturated rings. The largest absolute Gasteiger partial charge is 0.362 e. The maximum atomic E-state index is 10.6. The lowest BCUT2D eigenvalue weighted by Gasteiger charge is -2.16. The Hall–Kier alpha value is -0.130. The van der Waals surface area contributed by atoms with Gasteiger partial charge in [0.1, 0.15) is 0 Å². The second-order valence-electron chi connectivity index (χ2n) is 2.75. The molecule has 0 aromatic rings. The highest BCUT2D eigenvalue weighted by atomic mass is 35.7. The van der Waals surface area contributed by atoms with Gasteiger partial charge in [-0.15, -0.1) is 12.4 Å². The Labute approximate surface area is 89.0 Å². The van der Waals surface area contributed by atoms with E-state index in [-0.39, 0.29) is 18.2 Å². The van der Waals surface area contributed by atoms with E-state index in [4.69, 9.17) is 10.7 Å². The minimum atomic E-state index is -3.35. The Kier molecular flexibility index (Phi) is 4.88. The quantitative estimate of drug-likeness (QED) is 0.687. The van der Waals surface area contributed by atoms with Crippen LogP contribution in [0.3, 0.4) is 0 Å². The van der Waals surface area contributed by atoms with Crippen molar-refractivity contribution in [3.05, 3.63) is 12.4 Å². The van der Waals surface area contributed by atoms with Crippen molar-refractivity contribution in [3.63, 3.8) is 0 Å². The summed E-state index contributed by atoms with van der Waals surface area (Å²) in [7, 11) is 3.63. The summed E-state index contributed by atoms with van der Waals surface area (Å²) in [5.41, 5.74) is 0. The fourth-order valence-corrected chi connectivity index (χ4v) is 1.62. The molecule has 0 N–H and O–H groups in total. The van der Waals surface area contributed by atoms with Gasteiger partial charge in [0.25, 0.3) is 0 Å². The van der Waals surface area contributed by atoms with E-state index in [2.05, 4.69) is 0 Å². The van der Waals surface area contributed by atoms with Crippen molar-refractivity contribution in [3.8, 4) is 0 Å². The zero-order valence-electron chi connectivity index (χ0n) is 7.18. The molecule has 0 bridgehead atoms. The molecule has 0 amide bonds. The van der Waals surface area contributed by atoms with E-state index in [1.807, 2.05) is 29.2 Å². The summed E-state index contributed by atoms with van der Waals surface area (Å²) in [5, 5.41) is 0. The second kappa shape index (κ2) is 4.93. The van der Waals surface area contributed by atoms with E-state index in [0.717, 1.165) is 6.67 Å². The third-order valence-corrected chi connectivity index (χ3v) is 2.69. The van der Waals surface area contributed by atoms with Gasteiger partial charge in [-0.2, -0.15) is 0 Å². The molecule has 1 heterocycles. The minimum Gasteiger partial charge on any atom is -0.362 e. The Morgan fingerprint density at radius 3 is 2.46 bits per heavy atom. The van der Waals surface area contributed by atoms with E-state index in [1.54, 1.807) is 0 Å². The summed E-state index contributed by atoms with van der Waals surface area (Å²) in [4.78, 5) is 3.85. The number of hydrogen-bond donors (Lipinski definition) is 0. The van der Waals surface area contributed by atoms with E-state index in [1.165, 1.54) is 0 Å². The predicted octanol–water partition coefficient (Wildman–Crippen LogP) is 0.653. The molecule has 4 nitrogen and oxygen atoms in total. The van der Waals surface area contributed by atoms with Crippen LogP contribution in [0.15, 0.2) is 12.4 Å². The van der Waals surface area contributed by atoms with Gasteiger partial charge in [-0.05, 0) is 0 Å². The number of nitrogens with zero attached hydrogens (tertiary/aromatic N) is 2. The van der Waals surface area contributed by atoms with Gasteiger partial charge in [-0.3, -0.25) is 0 Å². The van der Waals surface area contributed by atoms with Gasteiger partial charge >= 0.3 is 0 Å². The van der Waals surface area contributed by atoms with Crippen LogP contribution in [0.1, 0.15) is 0 Å². The van der Waals surface area contributed by atoms with Crippen LogP contribution >= 0.6 is 23.1 Å². The van der Waals surface area contributed by atoms with Crippen molar-refractivity contribution in [2.45, 2.75) is 0 Å². The molecule has 78 valence electrons. The fourth-order valence-electron chi connectivity index (χ4n) is 0.960. The second-order valence-corrected chi connectivity index (χ2v) is 5.65. The Morgan fingerprint density at radius 2 is 2.08 bits per heavy atom. The normalized spacial score (nSPS) is 16.2. The van der Waals surface area contributed by atoms with Gasteiger partial charge in [0.2, 0.25) is 9.05 Å². The van der Waals surface area contributed by atoms with Crippen LogP contribution in [-0.2, 0) is 9.05 Å². The molecule has 0 aromatic carbocycles. The average Bonchev–Trinajstić information content (AvgIpc) is 2.30. The zero-order valence-corrected chi connectivity index (χ0v) is 9.57. The van der Waals surface area contributed by atoms with Gasteiger partial charge in [0, 0.05) is 36.7 Å². The maximum Gasteiger partial charge on any atom is 0.234 e. The SMILES string of the molecule is CN1C=CN(CCS(=O)(=O)Cl)C1.Cl. The monoisotopic (exact) mass is 246 g/mol. The third kappa shape index (κ3) is 5.23. The standard InChI is InChI=1S/C6H11ClN2O2S.ClH/c1-8-2-3-9(6-8)4-5-12(7,10)11;/h2-3H,4-6H2,1H3;1H. The van der Waals surface area contributed by atoms with Crippen LogP contribution in [0.4, 0.5) is 0 Å². The summed E-state index contributed by atoms with van der Waals surface area (Å²) >= 11 is 0. The van der Waals surface area contributed by atoms with Crippen molar-refractivity contribution in [2.24, 2.45) is 0 Å². The molecular formula is C6H12Cl2N2O2S. The van der Waals surface area contributed by atoms with Crippen molar-refractivity contribution in [1.82, 2.24) is 9.80 Å². The Bertz CT molecular complexity index is 278. The molecule has 0 spiro atoms. The fraction of sp³-hybridized carbons (Fsp3) is 0.667. The van der Waals surface area contributed by atoms with Crippen molar-refractivity contribution in [2.75, 3.05) is 26.0 Å². The van der Waals surface area contributed by atoms with E-state index in [0.29, 0.717) is 6.54 Å². The molecule has 0 saturated heterocycles. The number of hydrogen-bond acceptors (Lipinski definition) is 4. The summed E-state index contributed by atoms with van der Waals surface area (Å²) in [6.07, 6.45) is 3.74. The summed E-state index contributed by atoms with van der Waals surface area (Å²) < 4.78 is 21.1. The van der Waals surface area contributed by atoms with Crippen LogP contribution in [0.2, 0.25) is 0 Å². The van der Waals surface area contributed by atoms with Crippen molar-refractivity contribution in [1.29, 1.82) is 0 Å². The maximum absolute atomic E-state index is 10.6. The first-order chi connectivity index (χ1) is 5.47. The molecule has 0 aromatic heterocycles. The van der Waals surface area contributed by atoms with Crippen LogP contribution in [-0.4, -0.2) is 44.2 Å². The summed E-state index contributed by atoms with van der Waals surface area (Å²) in [6, 6.07) is 0. The van der Waals surface area contributed by atoms with Gasteiger partial charge < -0.3 is 9.80 Å². The Morgan fingerprint density at radius 1 is 1.46 bits per heavy atom. The highest BCUT2D eigenvalue weighted by Crippen LogP contribution is 2.05. The smallest absolute Gasteiger partial charge is 0.234 e. The highest BCUT2D eigenvalue weighted by molar-refractivity contribution is 8.13. The average molecular weight is 247 g/mol. The molecule has 13 heavy (non-hydrogen) atoms. The minimum absolute atomic E-state index is 0. The first kappa shape index (κ1) is 12.9. The van der Waals surface area contributed by atoms with Gasteiger partial charge in [-0.1, -0.05) is 0 Å². The number of rotatable bonds is 3. The first-order valence-electron chi connectivity index (χ1n) is 3.52. The van der Waals surface area contributed by atoms with Crippen LogP contribution in [0.25, 0.3) is 0 Å². The molecule has 1 rings (SSSR count). The first-order valence-corrected chi connectivity index (χ1v) is 6.00. The lowest BCUT2D eigenvalue weighted by molar-refractivity contribution is 0.309. The van der Waals surface area contributed by atoms with Crippen molar-refractivity contribution < 1.29 is 8.42 Å². The third-order valence-electron chi connectivity index (χ3n) is 1.56. The molecule has 0 unspecified atom stereocenters. The molecule has 1 aliphatic heterocycles. The van der Waals surface area contributed by atoms with Gasteiger partial charge in [-0.25, -0.2) is 8.42 Å². The molecule has 0 aliphatic carbocycles. The van der Waals surface area contributed by atoms with Gasteiger partial charge in [0.15, 0.2) is 0 Å². The molecule has 1 aliphatic rings. The van der Waals surface area contributed by atoms with Crippen LogP contribution in [0.5, 0.6) is 0 Å². The van der Waals surface area contributed by atoms with Crippen LogP contribution in [0, 0.1) is 0 Å². The predicted molar refractivity (Wildman–Crippen MR) is 55.4 cm³/mol. The molecular weight excluding hydrogens is 235 g/mol. The lowest BCUT2D eigenvalue weighted by Crippen LogP contribution is -2.26. The summed E-state index contributed by atoms with van der Waals surface area (Å²) in [6.45, 7) is 1.18. The molecule has 7 heteroatoms. The molecule has 0 radical (unpaired) electrons.